The molecule has 0 unspecified atom stereocenters. The molecule has 0 saturated carbocycles. The first-order valence-corrected chi connectivity index (χ1v) is 20.3. The second kappa shape index (κ2) is 13.8. The monoisotopic (exact) mass is 765 g/mol. The molecule has 0 aliphatic heterocycles. The summed E-state index contributed by atoms with van der Waals surface area (Å²) < 4.78 is 4.73. The minimum atomic E-state index is 0.612. The van der Waals surface area contributed by atoms with E-state index in [4.69, 9.17) is 15.0 Å². The number of hydrogen-bond donors (Lipinski definition) is 0. The van der Waals surface area contributed by atoms with E-state index in [9.17, 15) is 0 Å². The fraction of sp³-hybridized carbons (Fsp3) is 0. The fourth-order valence-corrected chi connectivity index (χ4v) is 9.05. The molecule has 0 radical (unpaired) electrons. The molecule has 0 aliphatic carbocycles. The zero-order chi connectivity index (χ0) is 39.6. The van der Waals surface area contributed by atoms with Crippen molar-refractivity contribution < 1.29 is 0 Å². The van der Waals surface area contributed by atoms with Crippen molar-refractivity contribution in [2.45, 2.75) is 0 Å². The third-order valence-electron chi connectivity index (χ3n) is 11.7. The summed E-state index contributed by atoms with van der Waals surface area (Å²) in [5.41, 5.74) is 11.6. The summed E-state index contributed by atoms with van der Waals surface area (Å²) in [4.78, 5) is 15.9. The van der Waals surface area contributed by atoms with Crippen LogP contribution in [0.5, 0.6) is 0 Å². The third kappa shape index (κ3) is 5.44. The van der Waals surface area contributed by atoms with Gasteiger partial charge in [0.05, 0.1) is 22.1 Å². The lowest BCUT2D eigenvalue weighted by Gasteiger charge is -2.16. The summed E-state index contributed by atoms with van der Waals surface area (Å²) in [6.07, 6.45) is 0. The van der Waals surface area contributed by atoms with Crippen LogP contribution in [0.2, 0.25) is 0 Å². The average Bonchev–Trinajstić information content (AvgIpc) is 3.84. The van der Waals surface area contributed by atoms with Gasteiger partial charge in [0.25, 0.3) is 0 Å². The maximum absolute atomic E-state index is 5.41. The lowest BCUT2D eigenvalue weighted by atomic mass is 9.98. The highest BCUT2D eigenvalue weighted by Gasteiger charge is 2.22. The molecule has 280 valence electrons. The number of nitrogens with zero attached hydrogens (tertiary/aromatic N) is 5. The van der Waals surface area contributed by atoms with E-state index >= 15 is 0 Å². The summed E-state index contributed by atoms with van der Waals surface area (Å²) >= 11 is 0. The molecule has 0 aliphatic rings. The number of benzene rings is 9. The van der Waals surface area contributed by atoms with Gasteiger partial charge >= 0.3 is 0 Å². The summed E-state index contributed by atoms with van der Waals surface area (Å²) in [6.45, 7) is 0. The number of aromatic nitrogens is 5. The molecule has 5 heteroatoms. The minimum Gasteiger partial charge on any atom is -0.309 e. The lowest BCUT2D eigenvalue weighted by Crippen LogP contribution is -2.02. The average molecular weight is 766 g/mol. The van der Waals surface area contributed by atoms with Crippen LogP contribution in [-0.2, 0) is 0 Å². The molecule has 3 heterocycles. The Balaban J connectivity index is 1.12. The van der Waals surface area contributed by atoms with E-state index in [1.165, 1.54) is 27.1 Å². The quantitative estimate of drug-likeness (QED) is 0.169. The van der Waals surface area contributed by atoms with Crippen LogP contribution in [0.4, 0.5) is 0 Å². The number of hydrogen-bond acceptors (Lipinski definition) is 3. The number of para-hydroxylation sites is 3. The van der Waals surface area contributed by atoms with E-state index in [2.05, 4.69) is 203 Å². The second-order valence-electron chi connectivity index (χ2n) is 15.2. The van der Waals surface area contributed by atoms with Gasteiger partial charge in [0.1, 0.15) is 0 Å². The van der Waals surface area contributed by atoms with E-state index in [-0.39, 0.29) is 0 Å². The largest absolute Gasteiger partial charge is 0.309 e. The number of rotatable bonds is 6. The molecule has 9 aromatic carbocycles. The molecular weight excluding hydrogens is 731 g/mol. The highest BCUT2D eigenvalue weighted by atomic mass is 15.0. The van der Waals surface area contributed by atoms with Crippen molar-refractivity contribution in [1.29, 1.82) is 0 Å². The molecule has 0 saturated heterocycles. The van der Waals surface area contributed by atoms with Crippen LogP contribution in [0, 0.1) is 0 Å². The Labute approximate surface area is 346 Å². The molecule has 5 nitrogen and oxygen atoms in total. The second-order valence-corrected chi connectivity index (χ2v) is 15.2. The molecular formula is C55H35N5. The molecule has 0 bridgehead atoms. The van der Waals surface area contributed by atoms with E-state index in [1.54, 1.807) is 0 Å². The predicted molar refractivity (Wildman–Crippen MR) is 248 cm³/mol. The van der Waals surface area contributed by atoms with Crippen LogP contribution in [0.1, 0.15) is 0 Å². The lowest BCUT2D eigenvalue weighted by molar-refractivity contribution is 1.07. The standard InChI is InChI=1S/C55H35N5/c1-4-17-36(18-5-1)46-35-41(60-48-28-14-12-25-42(48)47-33-38-21-10-11-22-39(38)34-51(47)60)31-32-43(46)54-56-53(37-19-6-2-7-20-37)57-55(58-54)45-27-16-30-50-52(45)44-26-13-15-29-49(44)59(50)40-23-8-3-9-24-40/h1-35H. The Morgan fingerprint density at radius 2 is 0.833 bits per heavy atom. The molecule has 3 aromatic heterocycles. The van der Waals surface area contributed by atoms with Crippen LogP contribution in [0.15, 0.2) is 212 Å². The molecule has 12 rings (SSSR count). The third-order valence-corrected chi connectivity index (χ3v) is 11.7. The van der Waals surface area contributed by atoms with Gasteiger partial charge < -0.3 is 9.13 Å². The van der Waals surface area contributed by atoms with Crippen molar-refractivity contribution in [3.63, 3.8) is 0 Å². The topological polar surface area (TPSA) is 48.5 Å². The maximum Gasteiger partial charge on any atom is 0.164 e. The zero-order valence-corrected chi connectivity index (χ0v) is 32.4. The molecule has 0 fully saturated rings. The van der Waals surface area contributed by atoms with Gasteiger partial charge in [-0.1, -0.05) is 152 Å². The molecule has 0 atom stereocenters. The minimum absolute atomic E-state index is 0.612. The maximum atomic E-state index is 5.41. The molecule has 0 spiro atoms. The summed E-state index contributed by atoms with van der Waals surface area (Å²) in [6, 6.07) is 75.0. The van der Waals surface area contributed by atoms with Crippen LogP contribution in [0.25, 0.3) is 111 Å². The Bertz CT molecular complexity index is 3590. The molecule has 0 N–H and O–H groups in total. The first-order valence-electron chi connectivity index (χ1n) is 20.3. The fourth-order valence-electron chi connectivity index (χ4n) is 9.05. The van der Waals surface area contributed by atoms with Crippen molar-refractivity contribution in [2.24, 2.45) is 0 Å². The van der Waals surface area contributed by atoms with E-state index in [0.29, 0.717) is 17.5 Å². The van der Waals surface area contributed by atoms with Gasteiger partial charge in [-0.15, -0.1) is 0 Å². The summed E-state index contributed by atoms with van der Waals surface area (Å²) in [5, 5.41) is 7.14. The Morgan fingerprint density at radius 1 is 0.283 bits per heavy atom. The van der Waals surface area contributed by atoms with Crippen molar-refractivity contribution >= 4 is 54.4 Å². The van der Waals surface area contributed by atoms with Gasteiger partial charge in [0.15, 0.2) is 17.5 Å². The highest BCUT2D eigenvalue weighted by molar-refractivity contribution is 6.16. The van der Waals surface area contributed by atoms with Crippen LogP contribution >= 0.6 is 0 Å². The van der Waals surface area contributed by atoms with E-state index in [0.717, 1.165) is 66.5 Å². The predicted octanol–water partition coefficient (Wildman–Crippen LogP) is 13.9. The molecule has 0 amide bonds. The van der Waals surface area contributed by atoms with Crippen LogP contribution < -0.4 is 0 Å². The van der Waals surface area contributed by atoms with Crippen molar-refractivity contribution in [2.75, 3.05) is 0 Å². The van der Waals surface area contributed by atoms with Crippen molar-refractivity contribution in [3.05, 3.63) is 212 Å². The molecule has 60 heavy (non-hydrogen) atoms. The van der Waals surface area contributed by atoms with Crippen LogP contribution in [0.3, 0.4) is 0 Å². The number of fused-ring (bicyclic) bond motifs is 7. The smallest absolute Gasteiger partial charge is 0.164 e. The Hall–Kier alpha value is -8.15. The highest BCUT2D eigenvalue weighted by Crippen LogP contribution is 2.41. The van der Waals surface area contributed by atoms with Gasteiger partial charge in [-0.05, 0) is 82.6 Å². The Morgan fingerprint density at radius 3 is 1.58 bits per heavy atom. The summed E-state index contributed by atoms with van der Waals surface area (Å²) in [5.74, 6) is 1.86. The first kappa shape index (κ1) is 33.9. The van der Waals surface area contributed by atoms with Crippen LogP contribution in [-0.4, -0.2) is 24.1 Å². The van der Waals surface area contributed by atoms with E-state index < -0.39 is 0 Å². The van der Waals surface area contributed by atoms with Crippen molar-refractivity contribution in [3.8, 4) is 56.7 Å². The van der Waals surface area contributed by atoms with E-state index in [1.807, 2.05) is 18.2 Å². The van der Waals surface area contributed by atoms with Gasteiger partial charge in [0, 0.05) is 49.6 Å². The SMILES string of the molecule is c1ccc(-c2nc(-c3ccc(-n4c5ccccc5c5cc6ccccc6cc54)cc3-c3ccccc3)nc(-c3cccc4c3c3ccccc3n4-c3ccccc3)n2)cc1. The first-order chi connectivity index (χ1) is 29.8. The normalized spacial score (nSPS) is 11.7. The summed E-state index contributed by atoms with van der Waals surface area (Å²) in [7, 11) is 0. The van der Waals surface area contributed by atoms with Gasteiger partial charge in [-0.2, -0.15) is 0 Å². The van der Waals surface area contributed by atoms with Gasteiger partial charge in [-0.3, -0.25) is 0 Å². The van der Waals surface area contributed by atoms with Gasteiger partial charge in [0.2, 0.25) is 0 Å². The zero-order valence-electron chi connectivity index (χ0n) is 32.4. The molecule has 12 aromatic rings. The van der Waals surface area contributed by atoms with Crippen molar-refractivity contribution in [1.82, 2.24) is 24.1 Å². The van der Waals surface area contributed by atoms with Gasteiger partial charge in [-0.25, -0.2) is 15.0 Å². The Kier molecular flexibility index (Phi) is 7.78.